The van der Waals surface area contributed by atoms with Crippen LogP contribution in [0.3, 0.4) is 0 Å². The van der Waals surface area contributed by atoms with Crippen molar-refractivity contribution >= 4 is 33.0 Å². The van der Waals surface area contributed by atoms with Gasteiger partial charge in [-0.3, -0.25) is 0 Å². The van der Waals surface area contributed by atoms with Crippen molar-refractivity contribution in [2.45, 2.75) is 20.0 Å². The van der Waals surface area contributed by atoms with Gasteiger partial charge in [0.1, 0.15) is 0 Å². The van der Waals surface area contributed by atoms with Crippen LogP contribution < -0.4 is 5.32 Å². The first-order valence-corrected chi connectivity index (χ1v) is 7.22. The fraction of sp³-hybridized carbons (Fsp3) is 0.214. The van der Waals surface area contributed by atoms with Crippen molar-refractivity contribution in [2.24, 2.45) is 0 Å². The summed E-state index contributed by atoms with van der Waals surface area (Å²) in [4.78, 5) is 1.15. The molecule has 5 heteroatoms. The van der Waals surface area contributed by atoms with Gasteiger partial charge in [-0.25, -0.2) is 0 Å². The van der Waals surface area contributed by atoms with Gasteiger partial charge in [0.05, 0.1) is 17.3 Å². The van der Waals surface area contributed by atoms with Gasteiger partial charge in [-0.2, -0.15) is 0 Å². The maximum absolute atomic E-state index is 6.38. The Labute approximate surface area is 120 Å². The number of rotatable bonds is 4. The van der Waals surface area contributed by atoms with E-state index in [4.69, 9.17) is 16.1 Å². The first-order valence-electron chi connectivity index (χ1n) is 6.03. The second-order valence-corrected chi connectivity index (χ2v) is 5.89. The maximum atomic E-state index is 6.38. The molecule has 2 aromatic heterocycles. The van der Waals surface area contributed by atoms with Crippen LogP contribution in [0.1, 0.15) is 16.3 Å². The number of aryl methyl sites for hydroxylation is 1. The molecule has 0 amide bonds. The molecule has 0 saturated carbocycles. The van der Waals surface area contributed by atoms with Crippen molar-refractivity contribution in [1.82, 2.24) is 10.5 Å². The minimum atomic E-state index is 0.658. The molecule has 0 spiro atoms. The average Bonchev–Trinajstić information content (AvgIpc) is 2.96. The third-order valence-corrected chi connectivity index (χ3v) is 4.58. The summed E-state index contributed by atoms with van der Waals surface area (Å²) < 4.78 is 6.37. The van der Waals surface area contributed by atoms with E-state index in [0.29, 0.717) is 6.54 Å². The molecule has 0 aliphatic rings. The maximum Gasteiger partial charge on any atom is 0.150 e. The minimum Gasteiger partial charge on any atom is -0.360 e. The fourth-order valence-corrected chi connectivity index (χ4v) is 3.45. The van der Waals surface area contributed by atoms with E-state index in [9.17, 15) is 0 Å². The summed E-state index contributed by atoms with van der Waals surface area (Å²) in [7, 11) is 0. The summed E-state index contributed by atoms with van der Waals surface area (Å²) in [5.74, 6) is 0.842. The van der Waals surface area contributed by atoms with Gasteiger partial charge in [-0.15, -0.1) is 11.3 Å². The SMILES string of the molecule is Cc1cc(CNCc2sc3ccccc3c2Cl)on1. The quantitative estimate of drug-likeness (QED) is 0.785. The zero-order valence-corrected chi connectivity index (χ0v) is 12.0. The van der Waals surface area contributed by atoms with Gasteiger partial charge < -0.3 is 9.84 Å². The predicted molar refractivity (Wildman–Crippen MR) is 78.6 cm³/mol. The zero-order chi connectivity index (χ0) is 13.2. The number of hydrogen-bond donors (Lipinski definition) is 1. The van der Waals surface area contributed by atoms with Crippen LogP contribution >= 0.6 is 22.9 Å². The average molecular weight is 293 g/mol. The van der Waals surface area contributed by atoms with Crippen molar-refractivity contribution in [2.75, 3.05) is 0 Å². The predicted octanol–water partition coefficient (Wildman–Crippen LogP) is 4.14. The summed E-state index contributed by atoms with van der Waals surface area (Å²) in [6.45, 7) is 3.30. The monoisotopic (exact) mass is 292 g/mol. The Morgan fingerprint density at radius 1 is 1.32 bits per heavy atom. The normalized spacial score (nSPS) is 11.3. The molecule has 0 saturated heterocycles. The second kappa shape index (κ2) is 5.33. The third kappa shape index (κ3) is 2.66. The van der Waals surface area contributed by atoms with E-state index in [-0.39, 0.29) is 0 Å². The first-order chi connectivity index (χ1) is 9.24. The van der Waals surface area contributed by atoms with Crippen molar-refractivity contribution in [3.63, 3.8) is 0 Å². The van der Waals surface area contributed by atoms with E-state index < -0.39 is 0 Å². The van der Waals surface area contributed by atoms with Crippen molar-refractivity contribution in [1.29, 1.82) is 0 Å². The van der Waals surface area contributed by atoms with Gasteiger partial charge in [-0.05, 0) is 13.0 Å². The second-order valence-electron chi connectivity index (χ2n) is 4.37. The molecule has 3 rings (SSSR count). The van der Waals surface area contributed by atoms with Crippen LogP contribution in [-0.2, 0) is 13.1 Å². The van der Waals surface area contributed by atoms with Gasteiger partial charge in [0, 0.05) is 27.6 Å². The number of halogens is 1. The Bertz CT molecular complexity index is 704. The molecule has 98 valence electrons. The zero-order valence-electron chi connectivity index (χ0n) is 10.4. The molecular formula is C14H13ClN2OS. The number of benzene rings is 1. The van der Waals surface area contributed by atoms with Gasteiger partial charge in [-0.1, -0.05) is 35.0 Å². The highest BCUT2D eigenvalue weighted by atomic mass is 35.5. The number of nitrogens with zero attached hydrogens (tertiary/aromatic N) is 1. The summed E-state index contributed by atoms with van der Waals surface area (Å²) in [6, 6.07) is 10.1. The lowest BCUT2D eigenvalue weighted by molar-refractivity contribution is 0.369. The molecule has 0 aliphatic carbocycles. The topological polar surface area (TPSA) is 38.1 Å². The van der Waals surface area contributed by atoms with E-state index in [2.05, 4.69) is 22.6 Å². The molecular weight excluding hydrogens is 280 g/mol. The van der Waals surface area contributed by atoms with Gasteiger partial charge in [0.25, 0.3) is 0 Å². The molecule has 0 bridgehead atoms. The molecule has 3 aromatic rings. The Kier molecular flexibility index (Phi) is 3.55. The van der Waals surface area contributed by atoms with Crippen molar-refractivity contribution in [3.05, 3.63) is 51.7 Å². The van der Waals surface area contributed by atoms with E-state index in [1.807, 2.05) is 25.1 Å². The van der Waals surface area contributed by atoms with Crippen molar-refractivity contribution in [3.8, 4) is 0 Å². The van der Waals surface area contributed by atoms with Crippen LogP contribution in [0.5, 0.6) is 0 Å². The highest BCUT2D eigenvalue weighted by molar-refractivity contribution is 7.19. The van der Waals surface area contributed by atoms with E-state index in [1.165, 1.54) is 4.70 Å². The summed E-state index contributed by atoms with van der Waals surface area (Å²) in [5, 5.41) is 9.16. The molecule has 0 atom stereocenters. The van der Waals surface area contributed by atoms with Crippen LogP contribution in [-0.4, -0.2) is 5.16 Å². The van der Waals surface area contributed by atoms with Crippen LogP contribution in [0.25, 0.3) is 10.1 Å². The summed E-state index contributed by atoms with van der Waals surface area (Å²) in [6.07, 6.45) is 0. The molecule has 0 radical (unpaired) electrons. The van der Waals surface area contributed by atoms with Crippen molar-refractivity contribution < 1.29 is 4.52 Å². The third-order valence-electron chi connectivity index (χ3n) is 2.86. The van der Waals surface area contributed by atoms with Crippen LogP contribution in [0.2, 0.25) is 5.02 Å². The lowest BCUT2D eigenvalue weighted by atomic mass is 10.2. The van der Waals surface area contributed by atoms with Crippen LogP contribution in [0.15, 0.2) is 34.9 Å². The van der Waals surface area contributed by atoms with Crippen LogP contribution in [0, 0.1) is 6.92 Å². The fourth-order valence-electron chi connectivity index (χ4n) is 1.98. The lowest BCUT2D eigenvalue weighted by Crippen LogP contribution is -2.11. The standard InChI is InChI=1S/C14H13ClN2OS/c1-9-6-10(18-17-9)7-16-8-13-14(15)11-4-2-3-5-12(11)19-13/h2-6,16H,7-8H2,1H3. The number of thiophene rings is 1. The number of aromatic nitrogens is 1. The highest BCUT2D eigenvalue weighted by Crippen LogP contribution is 2.34. The lowest BCUT2D eigenvalue weighted by Gasteiger charge is -2.00. The van der Waals surface area contributed by atoms with E-state index in [0.717, 1.165) is 33.3 Å². The molecule has 1 aromatic carbocycles. The Morgan fingerprint density at radius 2 is 2.16 bits per heavy atom. The van der Waals surface area contributed by atoms with Gasteiger partial charge in [0.15, 0.2) is 5.76 Å². The molecule has 0 aliphatic heterocycles. The number of fused-ring (bicyclic) bond motifs is 1. The Balaban J connectivity index is 1.70. The number of hydrogen-bond acceptors (Lipinski definition) is 4. The van der Waals surface area contributed by atoms with E-state index >= 15 is 0 Å². The minimum absolute atomic E-state index is 0.658. The molecule has 1 N–H and O–H groups in total. The Hall–Kier alpha value is -1.36. The first kappa shape index (κ1) is 12.7. The summed E-state index contributed by atoms with van der Waals surface area (Å²) in [5.41, 5.74) is 0.900. The molecule has 2 heterocycles. The van der Waals surface area contributed by atoms with E-state index in [1.54, 1.807) is 11.3 Å². The number of nitrogens with one attached hydrogen (secondary N) is 1. The molecule has 19 heavy (non-hydrogen) atoms. The van der Waals surface area contributed by atoms with Crippen LogP contribution in [0.4, 0.5) is 0 Å². The smallest absolute Gasteiger partial charge is 0.150 e. The van der Waals surface area contributed by atoms with Gasteiger partial charge >= 0.3 is 0 Å². The molecule has 0 unspecified atom stereocenters. The summed E-state index contributed by atoms with van der Waals surface area (Å²) >= 11 is 8.10. The largest absolute Gasteiger partial charge is 0.360 e. The molecule has 0 fully saturated rings. The Morgan fingerprint density at radius 3 is 2.89 bits per heavy atom. The molecule has 3 nitrogen and oxygen atoms in total. The highest BCUT2D eigenvalue weighted by Gasteiger charge is 2.09. The van der Waals surface area contributed by atoms with Gasteiger partial charge in [0.2, 0.25) is 0 Å².